The fourth-order valence-corrected chi connectivity index (χ4v) is 4.62. The highest BCUT2D eigenvalue weighted by Crippen LogP contribution is 2.48. The van der Waals surface area contributed by atoms with Gasteiger partial charge in [0, 0.05) is 6.42 Å². The second-order valence-electron chi connectivity index (χ2n) is 9.84. The third-order valence-electron chi connectivity index (χ3n) is 6.22. The van der Waals surface area contributed by atoms with Crippen molar-refractivity contribution < 1.29 is 24.2 Å². The predicted molar refractivity (Wildman–Crippen MR) is 137 cm³/mol. The Kier molecular flexibility index (Phi) is 7.65. The predicted octanol–water partition coefficient (Wildman–Crippen LogP) is 3.64. The molecule has 3 rings (SSSR count). The Labute approximate surface area is 211 Å². The zero-order valence-corrected chi connectivity index (χ0v) is 20.7. The van der Waals surface area contributed by atoms with Gasteiger partial charge in [-0.3, -0.25) is 4.79 Å². The van der Waals surface area contributed by atoms with E-state index in [-0.39, 0.29) is 0 Å². The quantitative estimate of drug-likeness (QED) is 0.239. The Hall–Kier alpha value is -3.97. The smallest absolute Gasteiger partial charge is 0.338 e. The van der Waals surface area contributed by atoms with Crippen molar-refractivity contribution in [3.63, 3.8) is 0 Å². The number of carboxylic acid groups (broad SMARTS) is 1. The molecule has 36 heavy (non-hydrogen) atoms. The molecule has 1 amide bonds. The van der Waals surface area contributed by atoms with Crippen molar-refractivity contribution in [2.45, 2.75) is 43.7 Å². The van der Waals surface area contributed by atoms with E-state index in [1.807, 2.05) is 91.0 Å². The molecule has 7 heteroatoms. The van der Waals surface area contributed by atoms with Crippen molar-refractivity contribution in [3.05, 3.63) is 108 Å². The Balaban J connectivity index is 2.36. The molecule has 0 saturated carbocycles. The highest BCUT2D eigenvalue weighted by atomic mass is 16.6. The van der Waals surface area contributed by atoms with Gasteiger partial charge in [0.15, 0.2) is 0 Å². The number of esters is 1. The average molecular weight is 489 g/mol. The van der Waals surface area contributed by atoms with E-state index in [9.17, 15) is 19.5 Å². The molecule has 0 aliphatic carbocycles. The second-order valence-corrected chi connectivity index (χ2v) is 9.84. The van der Waals surface area contributed by atoms with Crippen molar-refractivity contribution >= 4 is 17.8 Å². The molecule has 0 heterocycles. The molecule has 188 valence electrons. The maximum Gasteiger partial charge on any atom is 0.338 e. The number of hydrogen-bond acceptors (Lipinski definition) is 5. The summed E-state index contributed by atoms with van der Waals surface area (Å²) < 4.78 is 5.38. The van der Waals surface area contributed by atoms with E-state index in [1.54, 1.807) is 20.8 Å². The van der Waals surface area contributed by atoms with E-state index in [0.717, 1.165) is 0 Å². The lowest BCUT2D eigenvalue weighted by Crippen LogP contribution is -2.61. The topological polar surface area (TPSA) is 133 Å². The summed E-state index contributed by atoms with van der Waals surface area (Å²) in [5.41, 5.74) is 9.63. The zero-order valence-electron chi connectivity index (χ0n) is 20.7. The van der Waals surface area contributed by atoms with E-state index in [4.69, 9.17) is 16.2 Å². The number of carbonyl (C=O) groups is 3. The van der Waals surface area contributed by atoms with E-state index in [0.29, 0.717) is 16.7 Å². The van der Waals surface area contributed by atoms with Crippen LogP contribution in [0.2, 0.25) is 0 Å². The second kappa shape index (κ2) is 10.3. The maximum absolute atomic E-state index is 13.3. The lowest BCUT2D eigenvalue weighted by atomic mass is 9.59. The van der Waals surface area contributed by atoms with Crippen molar-refractivity contribution in [2.75, 3.05) is 0 Å². The summed E-state index contributed by atoms with van der Waals surface area (Å²) in [6.45, 7) is 4.84. The highest BCUT2D eigenvalue weighted by molar-refractivity contribution is 6.04. The van der Waals surface area contributed by atoms with Gasteiger partial charge in [-0.05, 0) is 37.5 Å². The minimum atomic E-state index is -2.53. The normalized spacial score (nSPS) is 14.3. The van der Waals surface area contributed by atoms with Gasteiger partial charge in [0.25, 0.3) is 0 Å². The summed E-state index contributed by atoms with van der Waals surface area (Å²) in [7, 11) is 0. The van der Waals surface area contributed by atoms with Crippen LogP contribution < -0.4 is 11.5 Å². The van der Waals surface area contributed by atoms with E-state index in [1.165, 1.54) is 0 Å². The standard InChI is InChI=1S/C29H32N2O5/c1-27(2,3)36-26(35)28(31,25(33)34)19-23(24(30)32)29(20-13-7-4-8-14-20,21-15-9-5-10-16-21)22-17-11-6-12-18-22/h4-18,23H,19,31H2,1-3H3,(H2,30,32)(H,33,34)/t23?,28-/m0/s1. The van der Waals surface area contributed by atoms with E-state index >= 15 is 0 Å². The van der Waals surface area contributed by atoms with Crippen LogP contribution in [-0.4, -0.2) is 34.1 Å². The summed E-state index contributed by atoms with van der Waals surface area (Å²) >= 11 is 0. The molecule has 0 saturated heterocycles. The van der Waals surface area contributed by atoms with Crippen molar-refractivity contribution in [1.82, 2.24) is 0 Å². The number of rotatable bonds is 9. The molecule has 0 spiro atoms. The number of carboxylic acids is 1. The number of aliphatic carboxylic acids is 1. The molecule has 3 aromatic carbocycles. The molecule has 1 unspecified atom stereocenters. The van der Waals surface area contributed by atoms with Gasteiger partial charge in [0.05, 0.1) is 11.3 Å². The fourth-order valence-electron chi connectivity index (χ4n) is 4.62. The molecular formula is C29H32N2O5. The summed E-state index contributed by atoms with van der Waals surface area (Å²) in [5, 5.41) is 10.1. The molecule has 0 radical (unpaired) electrons. The number of hydrogen-bond donors (Lipinski definition) is 3. The Bertz CT molecular complexity index is 1110. The first-order valence-corrected chi connectivity index (χ1v) is 11.6. The Morgan fingerprint density at radius 3 is 1.42 bits per heavy atom. The Morgan fingerprint density at radius 1 is 0.778 bits per heavy atom. The molecule has 2 atom stereocenters. The molecule has 0 aromatic heterocycles. The van der Waals surface area contributed by atoms with E-state index in [2.05, 4.69) is 0 Å². The lowest BCUT2D eigenvalue weighted by Gasteiger charge is -2.43. The number of primary amides is 1. The Morgan fingerprint density at radius 2 is 1.14 bits per heavy atom. The number of amides is 1. The van der Waals surface area contributed by atoms with Gasteiger partial charge in [-0.1, -0.05) is 91.0 Å². The SMILES string of the molecule is CC(C)(C)OC(=O)[C@](N)(CC(C(N)=O)C(c1ccccc1)(c1ccccc1)c1ccccc1)C(=O)O. The van der Waals surface area contributed by atoms with Crippen LogP contribution in [0.15, 0.2) is 91.0 Å². The van der Waals surface area contributed by atoms with Crippen LogP contribution in [0.4, 0.5) is 0 Å². The van der Waals surface area contributed by atoms with Gasteiger partial charge >= 0.3 is 11.9 Å². The fraction of sp³-hybridized carbons (Fsp3) is 0.276. The zero-order chi connectivity index (χ0) is 26.6. The summed E-state index contributed by atoms with van der Waals surface area (Å²) in [4.78, 5) is 38.9. The minimum absolute atomic E-state index is 0.592. The average Bonchev–Trinajstić information content (AvgIpc) is 2.84. The molecule has 0 aliphatic rings. The number of carbonyl (C=O) groups excluding carboxylic acids is 2. The van der Waals surface area contributed by atoms with Gasteiger partial charge in [-0.25, -0.2) is 9.59 Å². The third-order valence-corrected chi connectivity index (χ3v) is 6.22. The first-order chi connectivity index (χ1) is 16.9. The molecule has 3 aromatic rings. The monoisotopic (exact) mass is 488 g/mol. The van der Waals surface area contributed by atoms with Gasteiger partial charge in [-0.15, -0.1) is 0 Å². The third kappa shape index (κ3) is 5.16. The van der Waals surface area contributed by atoms with Crippen LogP contribution in [0.25, 0.3) is 0 Å². The summed E-state index contributed by atoms with van der Waals surface area (Å²) in [5.74, 6) is -4.78. The van der Waals surface area contributed by atoms with Gasteiger partial charge < -0.3 is 21.3 Å². The van der Waals surface area contributed by atoms with Gasteiger partial charge in [-0.2, -0.15) is 0 Å². The maximum atomic E-state index is 13.3. The van der Waals surface area contributed by atoms with Crippen LogP contribution in [-0.2, 0) is 24.5 Å². The van der Waals surface area contributed by atoms with Crippen LogP contribution in [0, 0.1) is 5.92 Å². The number of ether oxygens (including phenoxy) is 1. The molecule has 7 nitrogen and oxygen atoms in total. The molecule has 0 aliphatic heterocycles. The van der Waals surface area contributed by atoms with Crippen molar-refractivity contribution in [2.24, 2.45) is 17.4 Å². The lowest BCUT2D eigenvalue weighted by molar-refractivity contribution is -0.170. The summed E-state index contributed by atoms with van der Waals surface area (Å²) in [6.07, 6.45) is -0.592. The summed E-state index contributed by atoms with van der Waals surface area (Å²) in [6, 6.07) is 27.6. The molecule has 0 fully saturated rings. The van der Waals surface area contributed by atoms with E-state index < -0.39 is 46.7 Å². The first kappa shape index (κ1) is 26.6. The number of nitrogens with two attached hydrogens (primary N) is 2. The van der Waals surface area contributed by atoms with Gasteiger partial charge in [0.1, 0.15) is 5.60 Å². The largest absolute Gasteiger partial charge is 0.479 e. The van der Waals surface area contributed by atoms with Crippen LogP contribution in [0.3, 0.4) is 0 Å². The first-order valence-electron chi connectivity index (χ1n) is 11.6. The highest BCUT2D eigenvalue weighted by Gasteiger charge is 2.55. The van der Waals surface area contributed by atoms with Gasteiger partial charge in [0.2, 0.25) is 11.4 Å². The molecular weight excluding hydrogens is 456 g/mol. The molecule has 0 bridgehead atoms. The molecule has 5 N–H and O–H groups in total. The van der Waals surface area contributed by atoms with Crippen LogP contribution >= 0.6 is 0 Å². The minimum Gasteiger partial charge on any atom is -0.479 e. The van der Waals surface area contributed by atoms with Crippen LogP contribution in [0.1, 0.15) is 43.9 Å². The van der Waals surface area contributed by atoms with Crippen LogP contribution in [0.5, 0.6) is 0 Å². The number of benzene rings is 3. The van der Waals surface area contributed by atoms with Crippen molar-refractivity contribution in [1.29, 1.82) is 0 Å². The van der Waals surface area contributed by atoms with Crippen molar-refractivity contribution in [3.8, 4) is 0 Å².